The van der Waals surface area contributed by atoms with E-state index in [0.717, 1.165) is 24.1 Å². The minimum absolute atomic E-state index is 0.0511. The molecule has 0 bridgehead atoms. The highest BCUT2D eigenvalue weighted by Gasteiger charge is 2.22. The van der Waals surface area contributed by atoms with Crippen molar-refractivity contribution in [3.05, 3.63) is 22.0 Å². The van der Waals surface area contributed by atoms with Gasteiger partial charge >= 0.3 is 0 Å². The third-order valence-corrected chi connectivity index (χ3v) is 4.26. The second kappa shape index (κ2) is 4.90. The summed E-state index contributed by atoms with van der Waals surface area (Å²) in [6, 6.07) is 0. The van der Waals surface area contributed by atoms with Crippen LogP contribution in [0.3, 0.4) is 0 Å². The van der Waals surface area contributed by atoms with E-state index in [4.69, 9.17) is 22.3 Å². The third kappa shape index (κ3) is 2.67. The van der Waals surface area contributed by atoms with E-state index in [9.17, 15) is 8.42 Å². The molecular formula is C10H13Cl2NO2S. The van der Waals surface area contributed by atoms with Crippen LogP contribution in [0.15, 0.2) is 4.90 Å². The normalized spacial score (nSPS) is 11.8. The highest BCUT2D eigenvalue weighted by molar-refractivity contribution is 8.13. The molecule has 0 fully saturated rings. The fourth-order valence-electron chi connectivity index (χ4n) is 1.73. The zero-order valence-electron chi connectivity index (χ0n) is 9.34. The van der Waals surface area contributed by atoms with Gasteiger partial charge in [-0.2, -0.15) is 0 Å². The number of pyridine rings is 1. The number of halogens is 2. The summed E-state index contributed by atoms with van der Waals surface area (Å²) < 4.78 is 22.8. The van der Waals surface area contributed by atoms with Crippen LogP contribution in [0.4, 0.5) is 0 Å². The predicted octanol–water partition coefficient (Wildman–Crippen LogP) is 3.23. The Morgan fingerprint density at radius 2 is 1.88 bits per heavy atom. The molecule has 0 amide bonds. The molecule has 0 aliphatic heterocycles. The van der Waals surface area contributed by atoms with Gasteiger partial charge in [-0.1, -0.05) is 24.9 Å². The van der Waals surface area contributed by atoms with Crippen LogP contribution < -0.4 is 0 Å². The fourth-order valence-corrected chi connectivity index (χ4v) is 3.72. The summed E-state index contributed by atoms with van der Waals surface area (Å²) in [4.78, 5) is 3.96. The molecule has 1 heterocycles. The highest BCUT2D eigenvalue weighted by atomic mass is 35.7. The quantitative estimate of drug-likeness (QED) is 0.631. The van der Waals surface area contributed by atoms with Crippen molar-refractivity contribution in [3.63, 3.8) is 0 Å². The Morgan fingerprint density at radius 3 is 2.31 bits per heavy atom. The molecule has 0 saturated heterocycles. The van der Waals surface area contributed by atoms with Gasteiger partial charge in [0.25, 0.3) is 9.05 Å². The average molecular weight is 282 g/mol. The van der Waals surface area contributed by atoms with E-state index in [0.29, 0.717) is 5.56 Å². The number of hydrogen-bond donors (Lipinski definition) is 0. The van der Waals surface area contributed by atoms with E-state index in [-0.39, 0.29) is 10.0 Å². The summed E-state index contributed by atoms with van der Waals surface area (Å²) in [6.07, 6.45) is 1.67. The highest BCUT2D eigenvalue weighted by Crippen LogP contribution is 2.30. The molecule has 16 heavy (non-hydrogen) atoms. The molecule has 0 aliphatic rings. The van der Waals surface area contributed by atoms with Crippen LogP contribution in [0.2, 0.25) is 5.15 Å². The molecule has 0 radical (unpaired) electrons. The van der Waals surface area contributed by atoms with E-state index < -0.39 is 9.05 Å². The lowest BCUT2D eigenvalue weighted by Crippen LogP contribution is -2.05. The number of aryl methyl sites for hydroxylation is 1. The van der Waals surface area contributed by atoms with Crippen molar-refractivity contribution >= 4 is 31.3 Å². The molecule has 0 aliphatic carbocycles. The first kappa shape index (κ1) is 13.7. The molecule has 0 unspecified atom stereocenters. The van der Waals surface area contributed by atoms with Crippen molar-refractivity contribution in [2.45, 2.75) is 38.5 Å². The Balaban J connectivity index is 3.58. The molecule has 0 aromatic carbocycles. The number of aromatic nitrogens is 1. The van der Waals surface area contributed by atoms with E-state index in [1.54, 1.807) is 6.92 Å². The van der Waals surface area contributed by atoms with Gasteiger partial charge in [-0.05, 0) is 31.4 Å². The van der Waals surface area contributed by atoms with E-state index in [2.05, 4.69) is 4.98 Å². The van der Waals surface area contributed by atoms with Crippen LogP contribution in [0.5, 0.6) is 0 Å². The van der Waals surface area contributed by atoms with Gasteiger partial charge in [-0.15, -0.1) is 0 Å². The van der Waals surface area contributed by atoms with Gasteiger partial charge in [0.15, 0.2) is 0 Å². The van der Waals surface area contributed by atoms with Crippen LogP contribution in [0.1, 0.15) is 30.2 Å². The summed E-state index contributed by atoms with van der Waals surface area (Å²) in [7, 11) is 1.50. The first-order chi connectivity index (χ1) is 7.29. The molecule has 0 atom stereocenters. The molecule has 3 nitrogen and oxygen atoms in total. The maximum Gasteiger partial charge on any atom is 0.264 e. The molecule has 1 aromatic rings. The minimum atomic E-state index is -3.84. The minimum Gasteiger partial charge on any atom is -0.240 e. The van der Waals surface area contributed by atoms with Gasteiger partial charge < -0.3 is 0 Å². The summed E-state index contributed by atoms with van der Waals surface area (Å²) in [5, 5.41) is -0.0511. The molecule has 0 spiro atoms. The molecule has 0 saturated carbocycles. The fraction of sp³-hybridized carbons (Fsp3) is 0.500. The van der Waals surface area contributed by atoms with Gasteiger partial charge in [0, 0.05) is 16.4 Å². The van der Waals surface area contributed by atoms with Crippen molar-refractivity contribution in [1.29, 1.82) is 0 Å². The van der Waals surface area contributed by atoms with Crippen molar-refractivity contribution in [1.82, 2.24) is 4.98 Å². The summed E-state index contributed by atoms with van der Waals surface area (Å²) in [5.41, 5.74) is 2.27. The first-order valence-corrected chi connectivity index (χ1v) is 7.58. The van der Waals surface area contributed by atoms with E-state index >= 15 is 0 Å². The predicted molar refractivity (Wildman–Crippen MR) is 65.8 cm³/mol. The Hall–Kier alpha value is -0.320. The monoisotopic (exact) mass is 281 g/mol. The van der Waals surface area contributed by atoms with Crippen LogP contribution in [0.25, 0.3) is 0 Å². The second-order valence-electron chi connectivity index (χ2n) is 3.61. The average Bonchev–Trinajstić information content (AvgIpc) is 2.09. The topological polar surface area (TPSA) is 47.0 Å². The van der Waals surface area contributed by atoms with Crippen LogP contribution in [-0.4, -0.2) is 13.4 Å². The van der Waals surface area contributed by atoms with Crippen molar-refractivity contribution in [2.24, 2.45) is 0 Å². The number of hydrogen-bond acceptors (Lipinski definition) is 3. The van der Waals surface area contributed by atoms with Crippen molar-refractivity contribution in [2.75, 3.05) is 0 Å². The van der Waals surface area contributed by atoms with Gasteiger partial charge in [0.05, 0.1) is 0 Å². The van der Waals surface area contributed by atoms with Crippen molar-refractivity contribution in [3.8, 4) is 0 Å². The lowest BCUT2D eigenvalue weighted by atomic mass is 10.0. The largest absolute Gasteiger partial charge is 0.264 e. The van der Waals surface area contributed by atoms with Gasteiger partial charge in [-0.3, -0.25) is 0 Å². The summed E-state index contributed by atoms with van der Waals surface area (Å²) in [6.45, 7) is 5.54. The maximum absolute atomic E-state index is 11.4. The maximum atomic E-state index is 11.4. The Kier molecular flexibility index (Phi) is 4.21. The van der Waals surface area contributed by atoms with Gasteiger partial charge in [0.2, 0.25) is 0 Å². The standard InChI is InChI=1S/C10H13Cl2NO2S/c1-4-5-8-6(2)9(16(12,14)15)10(11)13-7(8)3/h4-5H2,1-3H3. The van der Waals surface area contributed by atoms with Crippen LogP contribution >= 0.6 is 22.3 Å². The number of nitrogens with zero attached hydrogens (tertiary/aromatic N) is 1. The first-order valence-electron chi connectivity index (χ1n) is 4.89. The SMILES string of the molecule is CCCc1c(C)nc(Cl)c(S(=O)(=O)Cl)c1C. The third-order valence-electron chi connectivity index (χ3n) is 2.43. The molecule has 0 N–H and O–H groups in total. The Morgan fingerprint density at radius 1 is 1.31 bits per heavy atom. The van der Waals surface area contributed by atoms with E-state index in [1.165, 1.54) is 0 Å². The zero-order valence-corrected chi connectivity index (χ0v) is 11.7. The molecular weight excluding hydrogens is 269 g/mol. The van der Waals surface area contributed by atoms with Crippen LogP contribution in [-0.2, 0) is 15.5 Å². The second-order valence-corrected chi connectivity index (χ2v) is 6.47. The zero-order chi connectivity index (χ0) is 12.5. The molecule has 1 aromatic heterocycles. The van der Waals surface area contributed by atoms with Gasteiger partial charge in [-0.25, -0.2) is 13.4 Å². The smallest absolute Gasteiger partial charge is 0.240 e. The van der Waals surface area contributed by atoms with E-state index in [1.807, 2.05) is 13.8 Å². The molecule has 90 valence electrons. The summed E-state index contributed by atoms with van der Waals surface area (Å²) >= 11 is 5.82. The lowest BCUT2D eigenvalue weighted by Gasteiger charge is -2.12. The van der Waals surface area contributed by atoms with Crippen LogP contribution in [0, 0.1) is 13.8 Å². The summed E-state index contributed by atoms with van der Waals surface area (Å²) in [5.74, 6) is 0. The number of rotatable bonds is 3. The van der Waals surface area contributed by atoms with Gasteiger partial charge in [0.1, 0.15) is 10.0 Å². The molecule has 1 rings (SSSR count). The Labute approximate surface area is 105 Å². The Bertz CT molecular complexity index is 512. The van der Waals surface area contributed by atoms with Crippen molar-refractivity contribution < 1.29 is 8.42 Å². The lowest BCUT2D eigenvalue weighted by molar-refractivity contribution is 0.608. The molecule has 6 heteroatoms.